The van der Waals surface area contributed by atoms with Gasteiger partial charge in [-0.3, -0.25) is 0 Å². The van der Waals surface area contributed by atoms with E-state index in [1.165, 1.54) is 0 Å². The molecule has 0 radical (unpaired) electrons. The van der Waals surface area contributed by atoms with Gasteiger partial charge in [-0.1, -0.05) is 24.6 Å². The minimum Gasteiger partial charge on any atom is -0.495 e. The quantitative estimate of drug-likeness (QED) is 0.786. The standard InChI is InChI=1S/C12H15ClO2/c1-8(6-9(2)14)10-4-5-11(13)12(7-10)15-3/h4-5,7-8H,6H2,1-3H3. The maximum atomic E-state index is 11.0. The van der Waals surface area contributed by atoms with Gasteiger partial charge in [0.15, 0.2) is 0 Å². The minimum absolute atomic E-state index is 0.191. The first-order valence-electron chi connectivity index (χ1n) is 4.87. The van der Waals surface area contributed by atoms with Crippen LogP contribution in [-0.2, 0) is 4.79 Å². The van der Waals surface area contributed by atoms with Gasteiger partial charge >= 0.3 is 0 Å². The minimum atomic E-state index is 0.191. The van der Waals surface area contributed by atoms with E-state index >= 15 is 0 Å². The van der Waals surface area contributed by atoms with Crippen LogP contribution in [0.5, 0.6) is 5.75 Å². The third kappa shape index (κ3) is 3.24. The van der Waals surface area contributed by atoms with Crippen molar-refractivity contribution in [2.45, 2.75) is 26.2 Å². The summed E-state index contributed by atoms with van der Waals surface area (Å²) >= 11 is 5.91. The van der Waals surface area contributed by atoms with E-state index in [9.17, 15) is 4.79 Å². The molecule has 1 rings (SSSR count). The van der Waals surface area contributed by atoms with Crippen molar-refractivity contribution in [3.05, 3.63) is 28.8 Å². The molecule has 0 aliphatic heterocycles. The summed E-state index contributed by atoms with van der Waals surface area (Å²) in [5, 5.41) is 0.594. The number of hydrogen-bond donors (Lipinski definition) is 0. The third-order valence-corrected chi connectivity index (χ3v) is 2.65. The van der Waals surface area contributed by atoms with E-state index in [1.807, 2.05) is 19.1 Å². The zero-order valence-electron chi connectivity index (χ0n) is 9.21. The Morgan fingerprint density at radius 2 is 2.20 bits per heavy atom. The van der Waals surface area contributed by atoms with Gasteiger partial charge in [0.25, 0.3) is 0 Å². The second kappa shape index (κ2) is 5.17. The highest BCUT2D eigenvalue weighted by molar-refractivity contribution is 6.32. The van der Waals surface area contributed by atoms with E-state index < -0.39 is 0 Å². The number of hydrogen-bond acceptors (Lipinski definition) is 2. The maximum Gasteiger partial charge on any atom is 0.137 e. The molecule has 0 saturated carbocycles. The summed E-state index contributed by atoms with van der Waals surface area (Å²) in [4.78, 5) is 11.0. The van der Waals surface area contributed by atoms with Gasteiger partial charge in [-0.2, -0.15) is 0 Å². The van der Waals surface area contributed by atoms with Crippen molar-refractivity contribution in [3.63, 3.8) is 0 Å². The van der Waals surface area contributed by atoms with Gasteiger partial charge < -0.3 is 9.53 Å². The van der Waals surface area contributed by atoms with Crippen LogP contribution in [0.1, 0.15) is 31.7 Å². The van der Waals surface area contributed by atoms with Crippen LogP contribution in [0.4, 0.5) is 0 Å². The first kappa shape index (κ1) is 12.1. The Morgan fingerprint density at radius 3 is 2.73 bits per heavy atom. The molecule has 0 fully saturated rings. The predicted molar refractivity (Wildman–Crippen MR) is 61.7 cm³/mol. The lowest BCUT2D eigenvalue weighted by Crippen LogP contribution is -2.00. The molecular weight excluding hydrogens is 212 g/mol. The van der Waals surface area contributed by atoms with Crippen LogP contribution in [-0.4, -0.2) is 12.9 Å². The number of carbonyl (C=O) groups excluding carboxylic acids is 1. The summed E-state index contributed by atoms with van der Waals surface area (Å²) in [5.74, 6) is 1.05. The monoisotopic (exact) mass is 226 g/mol. The first-order valence-corrected chi connectivity index (χ1v) is 5.25. The number of methoxy groups -OCH3 is 1. The Morgan fingerprint density at radius 1 is 1.53 bits per heavy atom. The normalized spacial score (nSPS) is 12.3. The lowest BCUT2D eigenvalue weighted by molar-refractivity contribution is -0.117. The van der Waals surface area contributed by atoms with Crippen molar-refractivity contribution >= 4 is 17.4 Å². The van der Waals surface area contributed by atoms with Gasteiger partial charge in [0.05, 0.1) is 12.1 Å². The summed E-state index contributed by atoms with van der Waals surface area (Å²) in [6.07, 6.45) is 0.546. The molecule has 0 N–H and O–H groups in total. The lowest BCUT2D eigenvalue weighted by atomic mass is 9.96. The fourth-order valence-electron chi connectivity index (χ4n) is 1.53. The van der Waals surface area contributed by atoms with Gasteiger partial charge in [-0.25, -0.2) is 0 Å². The highest BCUT2D eigenvalue weighted by Crippen LogP contribution is 2.29. The SMILES string of the molecule is COc1cc(C(C)CC(C)=O)ccc1Cl. The Kier molecular flexibility index (Phi) is 4.15. The molecule has 0 amide bonds. The molecule has 0 heterocycles. The molecule has 0 spiro atoms. The average molecular weight is 227 g/mol. The molecule has 1 aromatic rings. The highest BCUT2D eigenvalue weighted by Gasteiger charge is 2.10. The predicted octanol–water partition coefficient (Wildman–Crippen LogP) is 3.43. The molecule has 0 aliphatic rings. The van der Waals surface area contributed by atoms with Crippen LogP contribution in [0.25, 0.3) is 0 Å². The van der Waals surface area contributed by atoms with Crippen molar-refractivity contribution in [1.82, 2.24) is 0 Å². The zero-order valence-corrected chi connectivity index (χ0v) is 9.97. The van der Waals surface area contributed by atoms with Crippen molar-refractivity contribution in [2.75, 3.05) is 7.11 Å². The fraction of sp³-hybridized carbons (Fsp3) is 0.417. The molecular formula is C12H15ClO2. The van der Waals surface area contributed by atoms with Crippen molar-refractivity contribution in [3.8, 4) is 5.75 Å². The largest absolute Gasteiger partial charge is 0.495 e. The van der Waals surface area contributed by atoms with E-state index in [4.69, 9.17) is 16.3 Å². The number of ketones is 1. The van der Waals surface area contributed by atoms with Crippen LogP contribution in [0.15, 0.2) is 18.2 Å². The average Bonchev–Trinajstić information content (AvgIpc) is 2.17. The molecule has 0 aromatic heterocycles. The number of rotatable bonds is 4. The van der Waals surface area contributed by atoms with E-state index in [0.717, 1.165) is 5.56 Å². The first-order chi connectivity index (χ1) is 7.04. The number of carbonyl (C=O) groups is 1. The Hall–Kier alpha value is -1.02. The molecule has 0 saturated heterocycles. The summed E-state index contributed by atoms with van der Waals surface area (Å²) in [7, 11) is 1.58. The molecule has 1 atom stereocenters. The Labute approximate surface area is 95.2 Å². The van der Waals surface area contributed by atoms with Gasteiger partial charge in [-0.05, 0) is 30.5 Å². The van der Waals surface area contributed by atoms with Gasteiger partial charge in [0.2, 0.25) is 0 Å². The molecule has 1 aromatic carbocycles. The van der Waals surface area contributed by atoms with Crippen molar-refractivity contribution < 1.29 is 9.53 Å². The van der Waals surface area contributed by atoms with Crippen LogP contribution in [0.2, 0.25) is 5.02 Å². The zero-order chi connectivity index (χ0) is 11.4. The fourth-order valence-corrected chi connectivity index (χ4v) is 1.73. The van der Waals surface area contributed by atoms with Gasteiger partial charge in [0.1, 0.15) is 11.5 Å². The van der Waals surface area contributed by atoms with Crippen molar-refractivity contribution in [1.29, 1.82) is 0 Å². The molecule has 1 unspecified atom stereocenters. The topological polar surface area (TPSA) is 26.3 Å². The van der Waals surface area contributed by atoms with E-state index in [2.05, 4.69) is 0 Å². The molecule has 3 heteroatoms. The number of ether oxygens (including phenoxy) is 1. The van der Waals surface area contributed by atoms with Crippen LogP contribution >= 0.6 is 11.6 Å². The summed E-state index contributed by atoms with van der Waals surface area (Å²) < 4.78 is 5.12. The van der Waals surface area contributed by atoms with Crippen LogP contribution in [0, 0.1) is 0 Å². The van der Waals surface area contributed by atoms with Gasteiger partial charge in [-0.15, -0.1) is 0 Å². The third-order valence-electron chi connectivity index (χ3n) is 2.34. The van der Waals surface area contributed by atoms with Crippen LogP contribution < -0.4 is 4.74 Å². The molecule has 0 aliphatic carbocycles. The number of Topliss-reactive ketones (excluding diaryl/α,β-unsaturated/α-hetero) is 1. The maximum absolute atomic E-state index is 11.0. The molecule has 82 valence electrons. The summed E-state index contributed by atoms with van der Waals surface area (Å²) in [6, 6.07) is 5.61. The smallest absolute Gasteiger partial charge is 0.137 e. The summed E-state index contributed by atoms with van der Waals surface area (Å²) in [6.45, 7) is 3.62. The number of benzene rings is 1. The molecule has 0 bridgehead atoms. The highest BCUT2D eigenvalue weighted by atomic mass is 35.5. The van der Waals surface area contributed by atoms with E-state index in [1.54, 1.807) is 20.1 Å². The van der Waals surface area contributed by atoms with Crippen LogP contribution in [0.3, 0.4) is 0 Å². The van der Waals surface area contributed by atoms with Crippen molar-refractivity contribution in [2.24, 2.45) is 0 Å². The second-order valence-corrected chi connectivity index (χ2v) is 4.11. The van der Waals surface area contributed by atoms with E-state index in [0.29, 0.717) is 17.2 Å². The van der Waals surface area contributed by atoms with E-state index in [-0.39, 0.29) is 11.7 Å². The molecule has 2 nitrogen and oxygen atoms in total. The second-order valence-electron chi connectivity index (χ2n) is 3.70. The molecule has 15 heavy (non-hydrogen) atoms. The Balaban J connectivity index is 2.90. The Bertz CT molecular complexity index is 361. The lowest BCUT2D eigenvalue weighted by Gasteiger charge is -2.12. The van der Waals surface area contributed by atoms with Gasteiger partial charge in [0, 0.05) is 6.42 Å². The summed E-state index contributed by atoms with van der Waals surface area (Å²) in [5.41, 5.74) is 1.08. The number of halogens is 1.